The summed E-state index contributed by atoms with van der Waals surface area (Å²) >= 11 is 0. The third kappa shape index (κ3) is 2.49. The third-order valence-corrected chi connectivity index (χ3v) is 3.90. The lowest BCUT2D eigenvalue weighted by Gasteiger charge is -2.21. The Morgan fingerprint density at radius 1 is 1.33 bits per heavy atom. The van der Waals surface area contributed by atoms with E-state index in [-0.39, 0.29) is 6.79 Å². The zero-order valence-corrected chi connectivity index (χ0v) is 12.6. The summed E-state index contributed by atoms with van der Waals surface area (Å²) in [5.74, 6) is 1.62. The van der Waals surface area contributed by atoms with Gasteiger partial charge in [-0.2, -0.15) is 0 Å². The van der Waals surface area contributed by atoms with Gasteiger partial charge in [-0.15, -0.1) is 0 Å². The predicted molar refractivity (Wildman–Crippen MR) is 84.2 cm³/mol. The number of anilines is 1. The Hall–Kier alpha value is -2.01. The van der Waals surface area contributed by atoms with Crippen molar-refractivity contribution in [2.45, 2.75) is 19.8 Å². The molecule has 1 aromatic heterocycles. The van der Waals surface area contributed by atoms with Gasteiger partial charge in [-0.25, -0.2) is 0 Å². The number of aryl methyl sites for hydroxylation is 1. The van der Waals surface area contributed by atoms with Gasteiger partial charge in [0.2, 0.25) is 6.79 Å². The van der Waals surface area contributed by atoms with Crippen molar-refractivity contribution in [3.05, 3.63) is 23.9 Å². The molecule has 0 bridgehead atoms. The van der Waals surface area contributed by atoms with Crippen molar-refractivity contribution in [2.75, 3.05) is 31.8 Å². The Morgan fingerprint density at radius 2 is 2.19 bits per heavy atom. The first-order chi connectivity index (χ1) is 10.2. The number of hydrogen-bond donors (Lipinski definition) is 1. The quantitative estimate of drug-likeness (QED) is 0.856. The Bertz CT molecular complexity index is 658. The minimum Gasteiger partial charge on any atom is -0.453 e. The van der Waals surface area contributed by atoms with Crippen LogP contribution >= 0.6 is 0 Å². The highest BCUT2D eigenvalue weighted by molar-refractivity contribution is 5.99. The highest BCUT2D eigenvalue weighted by Gasteiger charge is 2.22. The van der Waals surface area contributed by atoms with Gasteiger partial charge in [0.15, 0.2) is 11.5 Å². The van der Waals surface area contributed by atoms with E-state index in [1.54, 1.807) is 0 Å². The number of nitrogens with zero attached hydrogens (tertiary/aromatic N) is 2. The molecule has 0 unspecified atom stereocenters. The number of ether oxygens (including phenoxy) is 2. The molecule has 0 radical (unpaired) electrons. The summed E-state index contributed by atoms with van der Waals surface area (Å²) in [6.07, 6.45) is 3.94. The molecule has 0 fully saturated rings. The van der Waals surface area contributed by atoms with Crippen LogP contribution in [0.5, 0.6) is 11.5 Å². The maximum atomic E-state index is 5.63. The number of nitrogens with two attached hydrogens (primary N) is 1. The fraction of sp³-hybridized carbons (Fsp3) is 0.438. The second-order valence-corrected chi connectivity index (χ2v) is 5.40. The highest BCUT2D eigenvalue weighted by atomic mass is 16.7. The summed E-state index contributed by atoms with van der Waals surface area (Å²) < 4.78 is 11.2. The predicted octanol–water partition coefficient (Wildman–Crippen LogP) is 2.45. The average molecular weight is 287 g/mol. The zero-order chi connectivity index (χ0) is 14.8. The summed E-state index contributed by atoms with van der Waals surface area (Å²) in [4.78, 5) is 6.78. The molecule has 0 saturated heterocycles. The smallest absolute Gasteiger partial charge is 0.231 e. The fourth-order valence-corrected chi connectivity index (χ4v) is 2.73. The maximum Gasteiger partial charge on any atom is 0.231 e. The van der Waals surface area contributed by atoms with Crippen LogP contribution in [0, 0.1) is 6.92 Å². The van der Waals surface area contributed by atoms with E-state index in [1.165, 1.54) is 0 Å². The van der Waals surface area contributed by atoms with Crippen LogP contribution in [0.25, 0.3) is 10.9 Å². The molecule has 1 aliphatic heterocycles. The molecule has 0 spiro atoms. The minimum absolute atomic E-state index is 0.277. The van der Waals surface area contributed by atoms with Gasteiger partial charge < -0.3 is 20.1 Å². The molecule has 1 aromatic carbocycles. The second kappa shape index (κ2) is 5.77. The van der Waals surface area contributed by atoms with Gasteiger partial charge in [-0.05, 0) is 37.9 Å². The van der Waals surface area contributed by atoms with Crippen LogP contribution < -0.4 is 20.1 Å². The van der Waals surface area contributed by atoms with Crippen LogP contribution in [0.3, 0.4) is 0 Å². The van der Waals surface area contributed by atoms with E-state index in [2.05, 4.69) is 23.9 Å². The van der Waals surface area contributed by atoms with Crippen molar-refractivity contribution in [2.24, 2.45) is 5.73 Å². The molecule has 2 aromatic rings. The summed E-state index contributed by atoms with van der Waals surface area (Å²) in [5.41, 5.74) is 8.77. The standard InChI is InChI=1S/C16H21N3O2/c1-11-5-7-18-15-12(19(2)8-4-3-6-17)9-13-16(14(11)15)21-10-20-13/h5,7,9H,3-4,6,8,10,17H2,1-2H3. The lowest BCUT2D eigenvalue weighted by molar-refractivity contribution is 0.175. The molecule has 0 saturated carbocycles. The van der Waals surface area contributed by atoms with Crippen molar-refractivity contribution < 1.29 is 9.47 Å². The molecule has 3 rings (SSSR count). The first-order valence-corrected chi connectivity index (χ1v) is 7.31. The topological polar surface area (TPSA) is 60.6 Å². The molecule has 0 atom stereocenters. The summed E-state index contributed by atoms with van der Waals surface area (Å²) in [5, 5.41) is 1.05. The average Bonchev–Trinajstić information content (AvgIpc) is 2.94. The molecule has 0 aliphatic carbocycles. The molecule has 5 nitrogen and oxygen atoms in total. The summed E-state index contributed by atoms with van der Waals surface area (Å²) in [6.45, 7) is 4.03. The number of hydrogen-bond acceptors (Lipinski definition) is 5. The van der Waals surface area contributed by atoms with Crippen LogP contribution in [0.4, 0.5) is 5.69 Å². The molecule has 0 amide bonds. The lowest BCUT2D eigenvalue weighted by atomic mass is 10.1. The monoisotopic (exact) mass is 287 g/mol. The molecule has 21 heavy (non-hydrogen) atoms. The number of fused-ring (bicyclic) bond motifs is 3. The first-order valence-electron chi connectivity index (χ1n) is 7.31. The molecule has 1 aliphatic rings. The van der Waals surface area contributed by atoms with Crippen LogP contribution in [0.15, 0.2) is 18.3 Å². The zero-order valence-electron chi connectivity index (χ0n) is 12.6. The lowest BCUT2D eigenvalue weighted by Crippen LogP contribution is -2.20. The van der Waals surface area contributed by atoms with Crippen LogP contribution in [-0.2, 0) is 0 Å². The van der Waals surface area contributed by atoms with Gasteiger partial charge in [-0.1, -0.05) is 0 Å². The van der Waals surface area contributed by atoms with Crippen molar-refractivity contribution in [1.82, 2.24) is 4.98 Å². The Kier molecular flexibility index (Phi) is 3.84. The second-order valence-electron chi connectivity index (χ2n) is 5.40. The molecule has 5 heteroatoms. The van der Waals surface area contributed by atoms with Gasteiger partial charge in [0.1, 0.15) is 0 Å². The molecular weight excluding hydrogens is 266 g/mol. The normalized spacial score (nSPS) is 12.9. The summed E-state index contributed by atoms with van der Waals surface area (Å²) in [6, 6.07) is 4.03. The van der Waals surface area contributed by atoms with Crippen molar-refractivity contribution in [3.63, 3.8) is 0 Å². The van der Waals surface area contributed by atoms with Crippen molar-refractivity contribution in [1.29, 1.82) is 0 Å². The fourth-order valence-electron chi connectivity index (χ4n) is 2.73. The Labute approximate surface area is 124 Å². The number of pyridine rings is 1. The van der Waals surface area contributed by atoms with Crippen LogP contribution in [0.1, 0.15) is 18.4 Å². The van der Waals surface area contributed by atoms with Gasteiger partial charge in [-0.3, -0.25) is 4.98 Å². The number of benzene rings is 1. The van der Waals surface area contributed by atoms with E-state index in [9.17, 15) is 0 Å². The first kappa shape index (κ1) is 13.9. The van der Waals surface area contributed by atoms with Gasteiger partial charge in [0.25, 0.3) is 0 Å². The minimum atomic E-state index is 0.277. The van der Waals surface area contributed by atoms with Crippen molar-refractivity contribution in [3.8, 4) is 11.5 Å². The molecule has 2 N–H and O–H groups in total. The number of rotatable bonds is 5. The largest absolute Gasteiger partial charge is 0.453 e. The maximum absolute atomic E-state index is 5.63. The van der Waals surface area contributed by atoms with E-state index in [4.69, 9.17) is 15.2 Å². The molecule has 112 valence electrons. The Balaban J connectivity index is 2.06. The van der Waals surface area contributed by atoms with E-state index in [0.29, 0.717) is 0 Å². The van der Waals surface area contributed by atoms with E-state index in [0.717, 1.165) is 59.6 Å². The highest BCUT2D eigenvalue weighted by Crippen LogP contribution is 2.44. The van der Waals surface area contributed by atoms with E-state index < -0.39 is 0 Å². The molecule has 2 heterocycles. The van der Waals surface area contributed by atoms with Gasteiger partial charge in [0, 0.05) is 25.9 Å². The van der Waals surface area contributed by atoms with Crippen molar-refractivity contribution >= 4 is 16.6 Å². The van der Waals surface area contributed by atoms with Crippen LogP contribution in [0.2, 0.25) is 0 Å². The molecular formula is C16H21N3O2. The Morgan fingerprint density at radius 3 is 3.00 bits per heavy atom. The van der Waals surface area contributed by atoms with Crippen LogP contribution in [-0.4, -0.2) is 31.9 Å². The third-order valence-electron chi connectivity index (χ3n) is 3.90. The number of aromatic nitrogens is 1. The van der Waals surface area contributed by atoms with Gasteiger partial charge >= 0.3 is 0 Å². The summed E-state index contributed by atoms with van der Waals surface area (Å²) in [7, 11) is 2.08. The SMILES string of the molecule is Cc1ccnc2c(N(C)CCCCN)cc3c(c12)OCO3. The van der Waals surface area contributed by atoms with E-state index >= 15 is 0 Å². The van der Waals surface area contributed by atoms with Gasteiger partial charge in [0.05, 0.1) is 16.6 Å². The van der Waals surface area contributed by atoms with E-state index in [1.807, 2.05) is 18.3 Å². The number of unbranched alkanes of at least 4 members (excludes halogenated alkanes) is 1.